The summed E-state index contributed by atoms with van der Waals surface area (Å²) in [6.07, 6.45) is 1.99. The third kappa shape index (κ3) is 4.66. The number of fused-ring (bicyclic) bond motifs is 1. The molecule has 3 rings (SSSR count). The van der Waals surface area contributed by atoms with Crippen LogP contribution in [0.25, 0.3) is 0 Å². The molecule has 1 saturated heterocycles. The summed E-state index contributed by atoms with van der Waals surface area (Å²) < 4.78 is 10.7. The maximum atomic E-state index is 12.7. The highest BCUT2D eigenvalue weighted by Gasteiger charge is 2.29. The number of carbonyl (C=O) groups excluding carboxylic acids is 1. The number of methoxy groups -OCH3 is 1. The quantitative estimate of drug-likeness (QED) is 0.474. The van der Waals surface area contributed by atoms with Gasteiger partial charge in [0, 0.05) is 51.3 Å². The Bertz CT molecular complexity index is 685. The lowest BCUT2D eigenvalue weighted by Crippen LogP contribution is -2.48. The average Bonchev–Trinajstić information content (AvgIpc) is 3.14. The molecule has 150 valence electrons. The van der Waals surface area contributed by atoms with Crippen molar-refractivity contribution in [3.63, 3.8) is 0 Å². The number of aliphatic hydroxyl groups is 1. The number of hydrogen-bond donors (Lipinski definition) is 3. The van der Waals surface area contributed by atoms with Crippen molar-refractivity contribution in [1.82, 2.24) is 10.2 Å². The van der Waals surface area contributed by atoms with E-state index in [0.717, 1.165) is 38.1 Å². The van der Waals surface area contributed by atoms with Gasteiger partial charge in [-0.15, -0.1) is 0 Å². The third-order valence-corrected chi connectivity index (χ3v) is 5.68. The van der Waals surface area contributed by atoms with Crippen LogP contribution in [0.3, 0.4) is 0 Å². The minimum Gasteiger partial charge on any atom is -0.492 e. The zero-order valence-corrected chi connectivity index (χ0v) is 16.4. The van der Waals surface area contributed by atoms with Gasteiger partial charge >= 0.3 is 0 Å². The van der Waals surface area contributed by atoms with Crippen molar-refractivity contribution in [1.29, 1.82) is 0 Å². The number of nitrogens with two attached hydrogens (primary N) is 1. The van der Waals surface area contributed by atoms with Crippen LogP contribution in [0.1, 0.15) is 28.8 Å². The first kappa shape index (κ1) is 20.2. The summed E-state index contributed by atoms with van der Waals surface area (Å²) in [5.74, 6) is 0.318. The van der Waals surface area contributed by atoms with Crippen LogP contribution in [0.15, 0.2) is 6.07 Å². The number of amides is 1. The van der Waals surface area contributed by atoms with E-state index in [1.54, 1.807) is 13.2 Å². The molecule has 0 bridgehead atoms. The number of carbonyl (C=O) groups is 1. The standard InChI is InChI=1S/C19H28ClN3O4/c1-26-7-2-5-23-6-3-12(16(24)11-23)10-22-19(25)14-9-15(20)17(21)13-4-8-27-18(13)14/h9,12,16,24H,2-8,10-11,21H2,1H3,(H,22,25)/t12-,16-/m0/s1. The smallest absolute Gasteiger partial charge is 0.255 e. The average molecular weight is 398 g/mol. The number of rotatable bonds is 7. The Hall–Kier alpha value is -1.54. The maximum absolute atomic E-state index is 12.7. The van der Waals surface area contributed by atoms with Crippen molar-refractivity contribution in [2.45, 2.75) is 25.4 Å². The van der Waals surface area contributed by atoms with Crippen LogP contribution < -0.4 is 15.8 Å². The molecule has 1 aromatic rings. The number of likely N-dealkylation sites (tertiary alicyclic amines) is 1. The largest absolute Gasteiger partial charge is 0.492 e. The number of anilines is 1. The number of aliphatic hydroxyl groups excluding tert-OH is 1. The monoisotopic (exact) mass is 397 g/mol. The van der Waals surface area contributed by atoms with Crippen molar-refractivity contribution in [3.05, 3.63) is 22.2 Å². The number of nitrogen functional groups attached to an aromatic ring is 1. The van der Waals surface area contributed by atoms with Crippen molar-refractivity contribution < 1.29 is 19.4 Å². The molecule has 4 N–H and O–H groups in total. The van der Waals surface area contributed by atoms with Gasteiger partial charge in [0.1, 0.15) is 5.75 Å². The summed E-state index contributed by atoms with van der Waals surface area (Å²) in [6, 6.07) is 1.56. The van der Waals surface area contributed by atoms with Gasteiger partial charge in [0.25, 0.3) is 5.91 Å². The van der Waals surface area contributed by atoms with E-state index in [0.29, 0.717) is 48.1 Å². The number of nitrogens with one attached hydrogen (secondary N) is 1. The second-order valence-corrected chi connectivity index (χ2v) is 7.61. The van der Waals surface area contributed by atoms with Crippen LogP contribution in [0, 0.1) is 5.92 Å². The Morgan fingerprint density at radius 3 is 3.11 bits per heavy atom. The Morgan fingerprint density at radius 2 is 2.37 bits per heavy atom. The van der Waals surface area contributed by atoms with Gasteiger partial charge in [0.15, 0.2) is 0 Å². The highest BCUT2D eigenvalue weighted by molar-refractivity contribution is 6.33. The summed E-state index contributed by atoms with van der Waals surface area (Å²) in [5.41, 5.74) is 7.68. The molecule has 2 aliphatic rings. The summed E-state index contributed by atoms with van der Waals surface area (Å²) in [4.78, 5) is 14.9. The van der Waals surface area contributed by atoms with Crippen LogP contribution in [0.4, 0.5) is 5.69 Å². The number of β-amino-alcohol motifs (C(OH)–C–C–N with tert-alkyl or cyclic N) is 1. The van der Waals surface area contributed by atoms with Crippen molar-refractivity contribution in [3.8, 4) is 5.75 Å². The molecule has 0 spiro atoms. The lowest BCUT2D eigenvalue weighted by atomic mass is 9.93. The molecular formula is C19H28ClN3O4. The molecule has 0 radical (unpaired) electrons. The van der Waals surface area contributed by atoms with Gasteiger partial charge in [-0.3, -0.25) is 4.79 Å². The van der Waals surface area contributed by atoms with Crippen LogP contribution >= 0.6 is 11.6 Å². The molecule has 8 heteroatoms. The van der Waals surface area contributed by atoms with E-state index in [4.69, 9.17) is 26.8 Å². The molecule has 1 aromatic carbocycles. The molecule has 0 unspecified atom stereocenters. The van der Waals surface area contributed by atoms with E-state index < -0.39 is 6.10 Å². The van der Waals surface area contributed by atoms with Crippen LogP contribution in [0.2, 0.25) is 5.02 Å². The molecule has 1 fully saturated rings. The van der Waals surface area contributed by atoms with E-state index >= 15 is 0 Å². The zero-order valence-electron chi connectivity index (χ0n) is 15.7. The second-order valence-electron chi connectivity index (χ2n) is 7.20. The summed E-state index contributed by atoms with van der Waals surface area (Å²) >= 11 is 6.17. The number of halogens is 1. The Labute approximate surface area is 164 Å². The first-order chi connectivity index (χ1) is 13.0. The summed E-state index contributed by atoms with van der Waals surface area (Å²) in [7, 11) is 1.69. The van der Waals surface area contributed by atoms with Gasteiger partial charge in [-0.2, -0.15) is 0 Å². The predicted molar refractivity (Wildman–Crippen MR) is 104 cm³/mol. The van der Waals surface area contributed by atoms with Crippen LogP contribution in [0.5, 0.6) is 5.75 Å². The minimum absolute atomic E-state index is 0.0332. The normalized spacial score (nSPS) is 22.3. The SMILES string of the molecule is COCCCN1CC[C@@H](CNC(=O)c2cc(Cl)c(N)c3c2OCC3)[C@@H](O)C1. The summed E-state index contributed by atoms with van der Waals surface area (Å²) in [5, 5.41) is 13.7. The molecule has 2 heterocycles. The van der Waals surface area contributed by atoms with Crippen molar-refractivity contribution in [2.24, 2.45) is 5.92 Å². The van der Waals surface area contributed by atoms with Crippen LogP contribution in [-0.4, -0.2) is 68.5 Å². The molecule has 1 amide bonds. The topological polar surface area (TPSA) is 97.1 Å². The second kappa shape index (κ2) is 9.10. The van der Waals surface area contributed by atoms with E-state index in [2.05, 4.69) is 10.2 Å². The van der Waals surface area contributed by atoms with Gasteiger partial charge in [-0.05, 0) is 25.5 Å². The third-order valence-electron chi connectivity index (χ3n) is 5.37. The Balaban J connectivity index is 1.55. The first-order valence-electron chi connectivity index (χ1n) is 9.42. The van der Waals surface area contributed by atoms with E-state index in [1.165, 1.54) is 0 Å². The van der Waals surface area contributed by atoms with E-state index in [9.17, 15) is 9.90 Å². The van der Waals surface area contributed by atoms with Gasteiger partial charge in [-0.25, -0.2) is 0 Å². The van der Waals surface area contributed by atoms with Gasteiger partial charge in [0.05, 0.1) is 29.0 Å². The van der Waals surface area contributed by atoms with Gasteiger partial charge < -0.3 is 30.5 Å². The van der Waals surface area contributed by atoms with Gasteiger partial charge in [0.2, 0.25) is 0 Å². The lowest BCUT2D eigenvalue weighted by molar-refractivity contribution is 0.0192. The number of hydrogen-bond acceptors (Lipinski definition) is 6. The highest BCUT2D eigenvalue weighted by Crippen LogP contribution is 2.38. The fourth-order valence-electron chi connectivity index (χ4n) is 3.77. The molecule has 0 aromatic heterocycles. The summed E-state index contributed by atoms with van der Waals surface area (Å²) in [6.45, 7) is 4.09. The number of ether oxygens (including phenoxy) is 2. The molecule has 2 aliphatic heterocycles. The van der Waals surface area contributed by atoms with E-state index in [1.807, 2.05) is 0 Å². The van der Waals surface area contributed by atoms with Crippen molar-refractivity contribution >= 4 is 23.2 Å². The van der Waals surface area contributed by atoms with E-state index in [-0.39, 0.29) is 11.8 Å². The molecule has 0 saturated carbocycles. The zero-order chi connectivity index (χ0) is 19.4. The number of nitrogens with zero attached hydrogens (tertiary/aromatic N) is 1. The van der Waals surface area contributed by atoms with Gasteiger partial charge in [-0.1, -0.05) is 11.6 Å². The minimum atomic E-state index is -0.460. The van der Waals surface area contributed by atoms with Crippen LogP contribution in [-0.2, 0) is 11.2 Å². The highest BCUT2D eigenvalue weighted by atomic mass is 35.5. The Kier molecular flexibility index (Phi) is 6.81. The fraction of sp³-hybridized carbons (Fsp3) is 0.632. The molecular weight excluding hydrogens is 370 g/mol. The fourth-order valence-corrected chi connectivity index (χ4v) is 4.00. The number of benzene rings is 1. The molecule has 27 heavy (non-hydrogen) atoms. The number of piperidine rings is 1. The molecule has 7 nitrogen and oxygen atoms in total. The maximum Gasteiger partial charge on any atom is 0.255 e. The van der Waals surface area contributed by atoms with Crippen molar-refractivity contribution in [2.75, 3.05) is 52.2 Å². The Morgan fingerprint density at radius 1 is 1.56 bits per heavy atom. The first-order valence-corrected chi connectivity index (χ1v) is 9.80. The predicted octanol–water partition coefficient (Wildman–Crippen LogP) is 1.31. The lowest BCUT2D eigenvalue weighted by Gasteiger charge is -2.36. The molecule has 2 atom stereocenters. The molecule has 0 aliphatic carbocycles.